The van der Waals surface area contributed by atoms with E-state index in [1.807, 2.05) is 18.2 Å². The van der Waals surface area contributed by atoms with E-state index in [0.717, 1.165) is 37.3 Å². The van der Waals surface area contributed by atoms with E-state index in [4.69, 9.17) is 24.9 Å². The summed E-state index contributed by atoms with van der Waals surface area (Å²) >= 11 is 3.95. The molecule has 0 fully saturated rings. The summed E-state index contributed by atoms with van der Waals surface area (Å²) in [5, 5.41) is 5.09. The van der Waals surface area contributed by atoms with E-state index in [-0.39, 0.29) is 59.8 Å². The first kappa shape index (κ1) is 38.2. The molecule has 0 amide bonds. The second-order valence-corrected chi connectivity index (χ2v) is 16.8. The van der Waals surface area contributed by atoms with Gasteiger partial charge in [-0.3, -0.25) is 0 Å². The van der Waals surface area contributed by atoms with Gasteiger partial charge in [0.15, 0.2) is 0 Å². The summed E-state index contributed by atoms with van der Waals surface area (Å²) in [6, 6.07) is 16.8. The van der Waals surface area contributed by atoms with Crippen molar-refractivity contribution in [2.45, 2.75) is 29.2 Å². The molecule has 0 radical (unpaired) electrons. The zero-order chi connectivity index (χ0) is 32.4. The molecule has 0 aliphatic rings. The number of ether oxygens (including phenoxy) is 3. The van der Waals surface area contributed by atoms with Gasteiger partial charge in [0.25, 0.3) is 9.05 Å². The fraction of sp³-hybridized carbons (Fsp3) is 0.200. The molecule has 6 rings (SSSR count). The van der Waals surface area contributed by atoms with E-state index in [0.29, 0.717) is 22.6 Å². The quantitative estimate of drug-likeness (QED) is 0.129. The van der Waals surface area contributed by atoms with E-state index >= 15 is 0 Å². The van der Waals surface area contributed by atoms with E-state index in [2.05, 4.69) is 24.4 Å². The number of thiophene rings is 3. The minimum atomic E-state index is -4.39. The number of benzene rings is 3. The van der Waals surface area contributed by atoms with Crippen molar-refractivity contribution in [3.63, 3.8) is 0 Å². The molecule has 15 heteroatoms. The Kier molecular flexibility index (Phi) is 13.4. The van der Waals surface area contributed by atoms with Crippen LogP contribution in [0.25, 0.3) is 30.3 Å². The van der Waals surface area contributed by atoms with Gasteiger partial charge in [-0.2, -0.15) is 0 Å². The summed E-state index contributed by atoms with van der Waals surface area (Å²) in [7, 11) is 2.11. The molecule has 0 saturated carbocycles. The molecule has 234 valence electrons. The minimum Gasteiger partial charge on any atom is -0.743 e. The first-order chi connectivity index (χ1) is 20.7. The summed E-state index contributed by atoms with van der Waals surface area (Å²) in [4.78, 5) is 0. The van der Waals surface area contributed by atoms with E-state index < -0.39 is 19.2 Å². The third kappa shape index (κ3) is 9.00. The van der Waals surface area contributed by atoms with Gasteiger partial charge in [0.05, 0.1) is 21.3 Å². The van der Waals surface area contributed by atoms with Crippen molar-refractivity contribution in [3.05, 3.63) is 76.7 Å². The molecule has 0 bridgehead atoms. The molecule has 3 aromatic heterocycles. The van der Waals surface area contributed by atoms with Crippen LogP contribution in [0.2, 0.25) is 0 Å². The smallest absolute Gasteiger partial charge is 0.743 e. The van der Waals surface area contributed by atoms with Crippen LogP contribution < -0.4 is 65.6 Å². The van der Waals surface area contributed by atoms with Gasteiger partial charge >= 0.3 is 51.4 Å². The maximum atomic E-state index is 11.3. The standard InChI is InChI=1S/C10H9ClO3S2.C10H10O4S2.C10H10OS.K/c2*1-6-8-5-7(14-2)3-4-9(8)15-10(6)16(11,12)13;1-7-6-12-10-4-3-8(11-2)5-9(7)10;/h3-5H,1-2H3;3-5H,1-2H3,(H,11,12,13);3-6H,1-2H3;/q;;;+1/p-1. The molecular formula is C30H28ClKO8S5. The second-order valence-electron chi connectivity index (χ2n) is 9.43. The molecule has 3 heterocycles. The molecule has 3 aromatic carbocycles. The zero-order valence-electron chi connectivity index (χ0n) is 25.5. The number of aryl methyl sites for hydroxylation is 3. The third-order valence-electron chi connectivity index (χ3n) is 6.62. The van der Waals surface area contributed by atoms with Crippen molar-refractivity contribution in [1.29, 1.82) is 0 Å². The third-order valence-corrected chi connectivity index (χ3v) is 13.9. The van der Waals surface area contributed by atoms with E-state index in [9.17, 15) is 21.4 Å². The van der Waals surface area contributed by atoms with Crippen LogP contribution in [0.3, 0.4) is 0 Å². The predicted molar refractivity (Wildman–Crippen MR) is 180 cm³/mol. The Morgan fingerprint density at radius 1 is 0.644 bits per heavy atom. The van der Waals surface area contributed by atoms with E-state index in [1.165, 1.54) is 34.1 Å². The van der Waals surface area contributed by atoms with Gasteiger partial charge in [0.1, 0.15) is 35.8 Å². The van der Waals surface area contributed by atoms with Crippen LogP contribution in [-0.2, 0) is 19.2 Å². The van der Waals surface area contributed by atoms with Gasteiger partial charge in [-0.25, -0.2) is 16.8 Å². The number of fused-ring (bicyclic) bond motifs is 3. The Morgan fingerprint density at radius 3 is 1.47 bits per heavy atom. The molecule has 0 aliphatic heterocycles. The van der Waals surface area contributed by atoms with Crippen molar-refractivity contribution < 1.29 is 87.0 Å². The van der Waals surface area contributed by atoms with Gasteiger partial charge in [-0.1, -0.05) is 0 Å². The molecule has 6 aromatic rings. The Bertz CT molecular complexity index is 2070. The van der Waals surface area contributed by atoms with Gasteiger partial charge < -0.3 is 18.8 Å². The Morgan fingerprint density at radius 2 is 1.04 bits per heavy atom. The van der Waals surface area contributed by atoms with Gasteiger partial charge in [-0.05, 0) is 103 Å². The Hall–Kier alpha value is -1.27. The average Bonchev–Trinajstić information content (AvgIpc) is 3.65. The van der Waals surface area contributed by atoms with Crippen LogP contribution in [0.1, 0.15) is 16.7 Å². The van der Waals surface area contributed by atoms with Crippen molar-refractivity contribution in [3.8, 4) is 17.2 Å². The molecule has 0 unspecified atom stereocenters. The molecule has 0 saturated heterocycles. The van der Waals surface area contributed by atoms with Crippen molar-refractivity contribution >= 4 is 94.1 Å². The zero-order valence-corrected chi connectivity index (χ0v) is 33.4. The second kappa shape index (κ2) is 15.7. The Labute approximate surface area is 321 Å². The fourth-order valence-electron chi connectivity index (χ4n) is 4.34. The molecular weight excluding hydrogens is 723 g/mol. The molecule has 45 heavy (non-hydrogen) atoms. The molecule has 0 atom stereocenters. The van der Waals surface area contributed by atoms with Gasteiger partial charge in [0.2, 0.25) is 0 Å². The largest absolute Gasteiger partial charge is 1.00 e. The summed E-state index contributed by atoms with van der Waals surface area (Å²) < 4.78 is 74.0. The van der Waals surface area contributed by atoms with Crippen molar-refractivity contribution in [1.82, 2.24) is 0 Å². The summed E-state index contributed by atoms with van der Waals surface area (Å²) in [6.07, 6.45) is 0. The number of rotatable bonds is 5. The van der Waals surface area contributed by atoms with Crippen LogP contribution in [0.4, 0.5) is 0 Å². The number of methoxy groups -OCH3 is 3. The summed E-state index contributed by atoms with van der Waals surface area (Å²) in [6.45, 7) is 5.49. The van der Waals surface area contributed by atoms with Crippen LogP contribution in [0.5, 0.6) is 17.2 Å². The van der Waals surface area contributed by atoms with E-state index in [1.54, 1.807) is 63.7 Å². The number of halogens is 1. The number of hydrogen-bond donors (Lipinski definition) is 0. The minimum absolute atomic E-state index is 0. The van der Waals surface area contributed by atoms with Gasteiger partial charge in [-0.15, -0.1) is 34.0 Å². The number of hydrogen-bond acceptors (Lipinski definition) is 11. The normalized spacial score (nSPS) is 11.3. The Balaban J connectivity index is 0.000000184. The fourth-order valence-corrected chi connectivity index (χ4v) is 10.0. The summed E-state index contributed by atoms with van der Waals surface area (Å²) in [5.74, 6) is 2.28. The summed E-state index contributed by atoms with van der Waals surface area (Å²) in [5.41, 5.74) is 2.50. The van der Waals surface area contributed by atoms with Gasteiger partial charge in [0, 0.05) is 35.6 Å². The van der Waals surface area contributed by atoms with Crippen LogP contribution in [0, 0.1) is 20.8 Å². The van der Waals surface area contributed by atoms with Crippen LogP contribution in [-0.4, -0.2) is 42.7 Å². The van der Waals surface area contributed by atoms with Crippen molar-refractivity contribution in [2.75, 3.05) is 21.3 Å². The first-order valence-electron chi connectivity index (χ1n) is 12.7. The maximum Gasteiger partial charge on any atom is 1.00 e. The first-order valence-corrected chi connectivity index (χ1v) is 19.0. The molecule has 0 N–H and O–H groups in total. The van der Waals surface area contributed by atoms with Crippen molar-refractivity contribution in [2.24, 2.45) is 0 Å². The van der Waals surface area contributed by atoms with Crippen LogP contribution in [0.15, 0.2) is 68.4 Å². The van der Waals surface area contributed by atoms with Crippen LogP contribution >= 0.6 is 44.7 Å². The SMILES string of the molecule is COc1ccc2sc(S(=O)(=O)Cl)c(C)c2c1.COc1ccc2sc(S(=O)(=O)[O-])c(C)c2c1.COc1ccc2scc(C)c2c1.[K+]. The predicted octanol–water partition coefficient (Wildman–Crippen LogP) is 5.49. The molecule has 0 spiro atoms. The topological polar surface area (TPSA) is 119 Å². The monoisotopic (exact) mass is 750 g/mol. The average molecular weight is 751 g/mol. The molecule has 0 aliphatic carbocycles. The maximum absolute atomic E-state index is 11.3. The molecule has 8 nitrogen and oxygen atoms in total.